The fourth-order valence-electron chi connectivity index (χ4n) is 1.43. The summed E-state index contributed by atoms with van der Waals surface area (Å²) in [5.41, 5.74) is 1.14. The standard InChI is InChI=1S/C11H13NO4/c1-3-12(10(14)11(15)16)9-6-8(13)5-4-7(9)2/h4-6,13H,3H2,1-2H3,(H,15,16). The van der Waals surface area contributed by atoms with Crippen LogP contribution >= 0.6 is 0 Å². The number of phenolic OH excluding ortho intramolecular Hbond substituents is 1. The third kappa shape index (κ3) is 2.31. The van der Waals surface area contributed by atoms with Crippen LogP contribution in [0.1, 0.15) is 12.5 Å². The first-order chi connectivity index (χ1) is 7.47. The molecule has 0 aliphatic rings. The number of aromatic hydroxyl groups is 1. The number of carboxylic acid groups (broad SMARTS) is 1. The number of hydrogen-bond donors (Lipinski definition) is 2. The van der Waals surface area contributed by atoms with E-state index in [4.69, 9.17) is 5.11 Å². The van der Waals surface area contributed by atoms with E-state index in [1.165, 1.54) is 12.1 Å². The van der Waals surface area contributed by atoms with Gasteiger partial charge in [0, 0.05) is 12.6 Å². The van der Waals surface area contributed by atoms with Crippen LogP contribution in [0.4, 0.5) is 5.69 Å². The summed E-state index contributed by atoms with van der Waals surface area (Å²) < 4.78 is 0. The summed E-state index contributed by atoms with van der Waals surface area (Å²) >= 11 is 0. The topological polar surface area (TPSA) is 77.8 Å². The Morgan fingerprint density at radius 2 is 2.00 bits per heavy atom. The molecule has 86 valence electrons. The molecule has 16 heavy (non-hydrogen) atoms. The zero-order valence-corrected chi connectivity index (χ0v) is 9.10. The van der Waals surface area contributed by atoms with Gasteiger partial charge < -0.3 is 15.1 Å². The zero-order valence-electron chi connectivity index (χ0n) is 9.10. The van der Waals surface area contributed by atoms with Crippen molar-refractivity contribution in [3.8, 4) is 5.75 Å². The van der Waals surface area contributed by atoms with Gasteiger partial charge >= 0.3 is 11.9 Å². The second-order valence-corrected chi connectivity index (χ2v) is 3.33. The number of carbonyl (C=O) groups excluding carboxylic acids is 1. The van der Waals surface area contributed by atoms with E-state index in [1.54, 1.807) is 19.9 Å². The van der Waals surface area contributed by atoms with Crippen LogP contribution in [0, 0.1) is 6.92 Å². The number of phenols is 1. The van der Waals surface area contributed by atoms with Crippen molar-refractivity contribution in [1.29, 1.82) is 0 Å². The first-order valence-electron chi connectivity index (χ1n) is 4.81. The fraction of sp³-hybridized carbons (Fsp3) is 0.273. The number of benzene rings is 1. The number of carbonyl (C=O) groups is 2. The van der Waals surface area contributed by atoms with Crippen molar-refractivity contribution < 1.29 is 19.8 Å². The monoisotopic (exact) mass is 223 g/mol. The van der Waals surface area contributed by atoms with E-state index in [2.05, 4.69) is 0 Å². The summed E-state index contributed by atoms with van der Waals surface area (Å²) in [5.74, 6) is -2.52. The maximum atomic E-state index is 11.4. The highest BCUT2D eigenvalue weighted by Gasteiger charge is 2.22. The second kappa shape index (κ2) is 4.65. The number of likely N-dealkylation sites (N-methyl/N-ethyl adjacent to an activating group) is 1. The van der Waals surface area contributed by atoms with Crippen molar-refractivity contribution in [3.63, 3.8) is 0 Å². The van der Waals surface area contributed by atoms with Gasteiger partial charge in [0.15, 0.2) is 0 Å². The maximum Gasteiger partial charge on any atom is 0.394 e. The van der Waals surface area contributed by atoms with Crippen LogP contribution in [-0.4, -0.2) is 28.6 Å². The molecule has 1 rings (SSSR count). The highest BCUT2D eigenvalue weighted by atomic mass is 16.4. The van der Waals surface area contributed by atoms with Crippen molar-refractivity contribution in [2.24, 2.45) is 0 Å². The Hall–Kier alpha value is -2.04. The van der Waals surface area contributed by atoms with Crippen LogP contribution in [0.15, 0.2) is 18.2 Å². The first kappa shape index (κ1) is 12.0. The SMILES string of the molecule is CCN(C(=O)C(=O)O)c1cc(O)ccc1C. The van der Waals surface area contributed by atoms with E-state index < -0.39 is 11.9 Å². The molecule has 1 aromatic rings. The quantitative estimate of drug-likeness (QED) is 0.737. The Balaban J connectivity index is 3.18. The van der Waals surface area contributed by atoms with E-state index in [9.17, 15) is 14.7 Å². The van der Waals surface area contributed by atoms with E-state index in [-0.39, 0.29) is 12.3 Å². The van der Waals surface area contributed by atoms with E-state index in [1.807, 2.05) is 0 Å². The molecule has 0 fully saturated rings. The third-order valence-electron chi connectivity index (χ3n) is 2.23. The number of amides is 1. The van der Waals surface area contributed by atoms with Crippen LogP contribution in [0.5, 0.6) is 5.75 Å². The molecule has 0 saturated carbocycles. The van der Waals surface area contributed by atoms with Gasteiger partial charge in [0.2, 0.25) is 0 Å². The second-order valence-electron chi connectivity index (χ2n) is 3.33. The van der Waals surface area contributed by atoms with Gasteiger partial charge in [0.05, 0.1) is 5.69 Å². The molecule has 1 amide bonds. The molecule has 1 aromatic carbocycles. The molecular weight excluding hydrogens is 210 g/mol. The largest absolute Gasteiger partial charge is 0.508 e. The van der Waals surface area contributed by atoms with Gasteiger partial charge in [-0.25, -0.2) is 4.79 Å². The molecule has 0 spiro atoms. The number of aryl methyl sites for hydroxylation is 1. The summed E-state index contributed by atoms with van der Waals surface area (Å²) in [7, 11) is 0. The smallest absolute Gasteiger partial charge is 0.394 e. The number of carboxylic acids is 1. The molecule has 5 heteroatoms. The lowest BCUT2D eigenvalue weighted by atomic mass is 10.1. The number of nitrogens with zero attached hydrogens (tertiary/aromatic N) is 1. The van der Waals surface area contributed by atoms with E-state index in [0.29, 0.717) is 5.69 Å². The predicted octanol–water partition coefficient (Wildman–Crippen LogP) is 1.14. The van der Waals surface area contributed by atoms with Crippen LogP contribution in [-0.2, 0) is 9.59 Å². The highest BCUT2D eigenvalue weighted by Crippen LogP contribution is 2.24. The fourth-order valence-corrected chi connectivity index (χ4v) is 1.43. The number of rotatable bonds is 2. The highest BCUT2D eigenvalue weighted by molar-refractivity contribution is 6.37. The van der Waals surface area contributed by atoms with Crippen molar-refractivity contribution in [2.75, 3.05) is 11.4 Å². The van der Waals surface area contributed by atoms with Gasteiger partial charge in [-0.1, -0.05) is 6.07 Å². The molecule has 0 saturated heterocycles. The normalized spacial score (nSPS) is 9.88. The first-order valence-corrected chi connectivity index (χ1v) is 4.81. The predicted molar refractivity (Wildman–Crippen MR) is 58.5 cm³/mol. The summed E-state index contributed by atoms with van der Waals surface area (Å²) in [6.07, 6.45) is 0. The van der Waals surface area contributed by atoms with Gasteiger partial charge in [-0.2, -0.15) is 0 Å². The van der Waals surface area contributed by atoms with Crippen LogP contribution in [0.25, 0.3) is 0 Å². The average Bonchev–Trinajstić information content (AvgIpc) is 2.23. The molecule has 2 N–H and O–H groups in total. The molecule has 0 radical (unpaired) electrons. The Morgan fingerprint density at radius 1 is 1.38 bits per heavy atom. The Bertz CT molecular complexity index is 428. The Labute approximate surface area is 92.9 Å². The van der Waals surface area contributed by atoms with Gasteiger partial charge in [0.1, 0.15) is 5.75 Å². The minimum atomic E-state index is -1.51. The van der Waals surface area contributed by atoms with E-state index >= 15 is 0 Å². The van der Waals surface area contributed by atoms with Crippen LogP contribution in [0.2, 0.25) is 0 Å². The van der Waals surface area contributed by atoms with Crippen molar-refractivity contribution in [3.05, 3.63) is 23.8 Å². The van der Waals surface area contributed by atoms with Crippen molar-refractivity contribution in [2.45, 2.75) is 13.8 Å². The Kier molecular flexibility index (Phi) is 3.50. The molecule has 0 unspecified atom stereocenters. The van der Waals surface area contributed by atoms with Crippen molar-refractivity contribution >= 4 is 17.6 Å². The molecular formula is C11H13NO4. The molecule has 0 aliphatic carbocycles. The van der Waals surface area contributed by atoms with Gasteiger partial charge in [0.25, 0.3) is 0 Å². The minimum absolute atomic E-state index is 0.00256. The molecule has 0 bridgehead atoms. The zero-order chi connectivity index (χ0) is 12.3. The van der Waals surface area contributed by atoms with Crippen molar-refractivity contribution in [1.82, 2.24) is 0 Å². The van der Waals surface area contributed by atoms with Gasteiger partial charge in [-0.05, 0) is 25.5 Å². The maximum absolute atomic E-state index is 11.4. The summed E-state index contributed by atoms with van der Waals surface area (Å²) in [4.78, 5) is 23.1. The molecule has 0 aliphatic heterocycles. The number of hydrogen-bond acceptors (Lipinski definition) is 3. The summed E-state index contributed by atoms with van der Waals surface area (Å²) in [6, 6.07) is 4.49. The molecule has 0 aromatic heterocycles. The lowest BCUT2D eigenvalue weighted by Gasteiger charge is -2.20. The lowest BCUT2D eigenvalue weighted by Crippen LogP contribution is -2.36. The Morgan fingerprint density at radius 3 is 2.50 bits per heavy atom. The number of aliphatic carboxylic acids is 1. The number of anilines is 1. The molecule has 0 atom stereocenters. The lowest BCUT2D eigenvalue weighted by molar-refractivity contribution is -0.148. The van der Waals surface area contributed by atoms with Crippen LogP contribution in [0.3, 0.4) is 0 Å². The average molecular weight is 223 g/mol. The van der Waals surface area contributed by atoms with Crippen LogP contribution < -0.4 is 4.90 Å². The van der Waals surface area contributed by atoms with Gasteiger partial charge in [-0.15, -0.1) is 0 Å². The third-order valence-corrected chi connectivity index (χ3v) is 2.23. The van der Waals surface area contributed by atoms with E-state index in [0.717, 1.165) is 10.5 Å². The molecule has 5 nitrogen and oxygen atoms in total. The molecule has 0 heterocycles. The summed E-state index contributed by atoms with van der Waals surface area (Å²) in [6.45, 7) is 3.65. The summed E-state index contributed by atoms with van der Waals surface area (Å²) in [5, 5.41) is 18.0. The minimum Gasteiger partial charge on any atom is -0.508 e. The van der Waals surface area contributed by atoms with Gasteiger partial charge in [-0.3, -0.25) is 4.79 Å².